The Morgan fingerprint density at radius 2 is 0.815 bits per heavy atom. The van der Waals surface area contributed by atoms with Crippen LogP contribution in [0.2, 0.25) is 0 Å². The Morgan fingerprint density at radius 1 is 0.481 bits per heavy atom. The molecule has 0 unspecified atom stereocenters. The van der Waals surface area contributed by atoms with Gasteiger partial charge in [0.2, 0.25) is 11.6 Å². The quantitative estimate of drug-likeness (QED) is 0.0862. The standard InChI is InChI=1S/C42H38O12/c1-19(43)25-17-41(51-7,52-8)27-15-29(47-3)21-11-13-23-33(31(21)35(27)37(25)45)34-24(40(50-6)39(23)49-5)14-12-22-30(48-4)16-28-36(32(22)34)38(46)26(20(2)44)18-42(28,53-9)54-10/h11-18H,1-10H3. The fraction of sp³-hybridized carbons (Fsp3) is 0.286. The van der Waals surface area contributed by atoms with E-state index in [9.17, 15) is 19.2 Å². The van der Waals surface area contributed by atoms with E-state index in [-0.39, 0.29) is 33.4 Å². The summed E-state index contributed by atoms with van der Waals surface area (Å²) in [5, 5.41) is 3.62. The Balaban J connectivity index is 1.90. The third-order valence-electron chi connectivity index (χ3n) is 10.7. The van der Waals surface area contributed by atoms with E-state index in [4.69, 9.17) is 37.9 Å². The maximum absolute atomic E-state index is 14.7. The third kappa shape index (κ3) is 4.70. The van der Waals surface area contributed by atoms with Crippen molar-refractivity contribution in [3.05, 3.63) is 82.0 Å². The van der Waals surface area contributed by atoms with Crippen LogP contribution in [0.25, 0.3) is 43.1 Å². The van der Waals surface area contributed by atoms with Crippen LogP contribution in [0.5, 0.6) is 23.0 Å². The van der Waals surface area contributed by atoms with E-state index in [1.54, 1.807) is 24.3 Å². The Morgan fingerprint density at radius 3 is 1.09 bits per heavy atom. The predicted molar refractivity (Wildman–Crippen MR) is 200 cm³/mol. The number of ether oxygens (including phenoxy) is 8. The van der Waals surface area contributed by atoms with Crippen LogP contribution in [0.1, 0.15) is 45.7 Å². The largest absolute Gasteiger partial charge is 0.496 e. The van der Waals surface area contributed by atoms with E-state index >= 15 is 0 Å². The fourth-order valence-electron chi connectivity index (χ4n) is 8.17. The molecule has 0 aromatic heterocycles. The van der Waals surface area contributed by atoms with Crippen molar-refractivity contribution in [1.29, 1.82) is 0 Å². The lowest BCUT2D eigenvalue weighted by atomic mass is 9.77. The molecule has 0 bridgehead atoms. The van der Waals surface area contributed by atoms with E-state index in [1.807, 2.05) is 12.1 Å². The monoisotopic (exact) mass is 734 g/mol. The molecule has 5 aromatic rings. The van der Waals surface area contributed by atoms with Crippen LogP contribution in [-0.4, -0.2) is 80.0 Å². The summed E-state index contributed by atoms with van der Waals surface area (Å²) in [6, 6.07) is 10.5. The van der Waals surface area contributed by atoms with Gasteiger partial charge in [0.05, 0.1) is 39.6 Å². The molecule has 2 aliphatic carbocycles. The molecule has 7 rings (SSSR count). The van der Waals surface area contributed by atoms with Gasteiger partial charge >= 0.3 is 0 Å². The zero-order valence-electron chi connectivity index (χ0n) is 31.5. The number of Topliss-reactive ketones (excluding diaryl/α,β-unsaturated/α-hetero) is 4. The van der Waals surface area contributed by atoms with Gasteiger partial charge in [-0.05, 0) is 62.4 Å². The van der Waals surface area contributed by atoms with Crippen LogP contribution in [0.3, 0.4) is 0 Å². The molecular weight excluding hydrogens is 696 g/mol. The Hall–Kier alpha value is -5.66. The number of methoxy groups -OCH3 is 8. The van der Waals surface area contributed by atoms with E-state index in [1.165, 1.54) is 82.9 Å². The minimum absolute atomic E-state index is 0.119. The summed E-state index contributed by atoms with van der Waals surface area (Å²) in [6.07, 6.45) is 2.75. The van der Waals surface area contributed by atoms with Crippen molar-refractivity contribution >= 4 is 66.2 Å². The number of carbonyl (C=O) groups is 4. The highest BCUT2D eigenvalue weighted by molar-refractivity contribution is 6.41. The second-order valence-corrected chi connectivity index (χ2v) is 12.9. The maximum Gasteiger partial charge on any atom is 0.216 e. The van der Waals surface area contributed by atoms with Crippen molar-refractivity contribution in [1.82, 2.24) is 0 Å². The van der Waals surface area contributed by atoms with E-state index in [0.29, 0.717) is 66.1 Å². The summed E-state index contributed by atoms with van der Waals surface area (Å²) in [5.74, 6) is -4.05. The lowest BCUT2D eigenvalue weighted by Gasteiger charge is -2.35. The smallest absolute Gasteiger partial charge is 0.216 e. The van der Waals surface area contributed by atoms with Gasteiger partial charge in [-0.25, -0.2) is 0 Å². The molecule has 0 spiro atoms. The number of benzene rings is 5. The summed E-state index contributed by atoms with van der Waals surface area (Å²) in [5.41, 5.74) is 0.540. The highest BCUT2D eigenvalue weighted by Crippen LogP contribution is 2.54. The average Bonchev–Trinajstić information content (AvgIpc) is 3.18. The fourth-order valence-corrected chi connectivity index (χ4v) is 8.17. The molecule has 0 atom stereocenters. The summed E-state index contributed by atoms with van der Waals surface area (Å²) < 4.78 is 47.8. The molecule has 12 heteroatoms. The summed E-state index contributed by atoms with van der Waals surface area (Å²) in [7, 11) is 11.7. The molecular formula is C42H38O12. The Kier molecular flexibility index (Phi) is 8.85. The molecule has 0 amide bonds. The van der Waals surface area contributed by atoms with Crippen molar-refractivity contribution in [2.75, 3.05) is 56.9 Å². The van der Waals surface area contributed by atoms with Gasteiger partial charge in [0.1, 0.15) is 11.5 Å². The molecule has 54 heavy (non-hydrogen) atoms. The van der Waals surface area contributed by atoms with Crippen LogP contribution < -0.4 is 18.9 Å². The molecule has 0 aliphatic heterocycles. The molecule has 0 radical (unpaired) electrons. The number of hydrogen-bond donors (Lipinski definition) is 0. The number of rotatable bonds is 10. The molecule has 5 aromatic carbocycles. The summed E-state index contributed by atoms with van der Waals surface area (Å²) >= 11 is 0. The van der Waals surface area contributed by atoms with Crippen molar-refractivity contribution < 1.29 is 57.1 Å². The molecule has 0 saturated heterocycles. The average molecular weight is 735 g/mol. The number of carbonyl (C=O) groups excluding carboxylic acids is 4. The van der Waals surface area contributed by atoms with Crippen molar-refractivity contribution in [2.45, 2.75) is 25.4 Å². The minimum atomic E-state index is -1.67. The zero-order valence-corrected chi connectivity index (χ0v) is 31.5. The first-order valence-corrected chi connectivity index (χ1v) is 16.8. The second kappa shape index (κ2) is 13.0. The molecule has 0 heterocycles. The van der Waals surface area contributed by atoms with E-state index in [0.717, 1.165) is 0 Å². The molecule has 12 nitrogen and oxygen atoms in total. The topological polar surface area (TPSA) is 142 Å². The summed E-state index contributed by atoms with van der Waals surface area (Å²) in [4.78, 5) is 55.7. The first-order chi connectivity index (χ1) is 25.9. The normalized spacial score (nSPS) is 15.9. The predicted octanol–water partition coefficient (Wildman–Crippen LogP) is 6.65. The van der Waals surface area contributed by atoms with Gasteiger partial charge in [-0.1, -0.05) is 0 Å². The van der Waals surface area contributed by atoms with Crippen molar-refractivity contribution in [2.24, 2.45) is 0 Å². The van der Waals surface area contributed by atoms with Crippen LogP contribution in [0, 0.1) is 0 Å². The van der Waals surface area contributed by atoms with Gasteiger partial charge in [-0.3, -0.25) is 19.2 Å². The van der Waals surface area contributed by atoms with Crippen LogP contribution >= 0.6 is 0 Å². The van der Waals surface area contributed by atoms with E-state index < -0.39 is 34.7 Å². The number of allylic oxidation sites excluding steroid dienone is 2. The van der Waals surface area contributed by atoms with Gasteiger partial charge < -0.3 is 37.9 Å². The third-order valence-corrected chi connectivity index (χ3v) is 10.7. The molecule has 0 N–H and O–H groups in total. The van der Waals surface area contributed by atoms with Crippen LogP contribution in [-0.2, 0) is 40.1 Å². The van der Waals surface area contributed by atoms with Gasteiger partial charge in [0.25, 0.3) is 0 Å². The summed E-state index contributed by atoms with van der Waals surface area (Å²) in [6.45, 7) is 2.60. The molecule has 278 valence electrons. The number of fused-ring (bicyclic) bond motifs is 11. The maximum atomic E-state index is 14.7. The minimum Gasteiger partial charge on any atom is -0.496 e. The molecule has 0 saturated carbocycles. The van der Waals surface area contributed by atoms with Crippen molar-refractivity contribution in [3.63, 3.8) is 0 Å². The van der Waals surface area contributed by atoms with Gasteiger partial charge in [-0.2, -0.15) is 0 Å². The van der Waals surface area contributed by atoms with Crippen LogP contribution in [0.4, 0.5) is 0 Å². The Labute approximate surface area is 310 Å². The lowest BCUT2D eigenvalue weighted by Crippen LogP contribution is -2.36. The Bertz CT molecular complexity index is 2410. The number of ketones is 4. The highest BCUT2D eigenvalue weighted by Gasteiger charge is 2.45. The first kappa shape index (κ1) is 36.7. The lowest BCUT2D eigenvalue weighted by molar-refractivity contribution is -0.179. The van der Waals surface area contributed by atoms with Gasteiger partial charge in [0.15, 0.2) is 34.6 Å². The van der Waals surface area contributed by atoms with E-state index in [2.05, 4.69) is 0 Å². The van der Waals surface area contributed by atoms with Crippen molar-refractivity contribution in [3.8, 4) is 23.0 Å². The van der Waals surface area contributed by atoms with Gasteiger partial charge in [-0.15, -0.1) is 0 Å². The van der Waals surface area contributed by atoms with Crippen LogP contribution in [0.15, 0.2) is 59.7 Å². The molecule has 2 aliphatic rings. The zero-order chi connectivity index (χ0) is 39.0. The highest BCUT2D eigenvalue weighted by atomic mass is 16.7. The second-order valence-electron chi connectivity index (χ2n) is 12.9. The number of hydrogen-bond acceptors (Lipinski definition) is 12. The molecule has 0 fully saturated rings. The SMILES string of the molecule is COc1cc2c(c3c1ccc1c(OC)c(OC)c4ccc5c(OC)cc6c(c5c4c13)C(=O)C(C(C)=O)=CC6(OC)OC)C(=O)C(C(C)=O)=CC2(OC)OC. The van der Waals surface area contributed by atoms with Gasteiger partial charge in [0, 0.05) is 93.8 Å². The first-order valence-electron chi connectivity index (χ1n) is 16.8.